The monoisotopic (exact) mass is 341 g/mol. The van der Waals surface area contributed by atoms with E-state index in [0.717, 1.165) is 5.57 Å². The molecule has 0 aromatic carbocycles. The van der Waals surface area contributed by atoms with Crippen LogP contribution in [0.15, 0.2) is 29.8 Å². The molecule has 0 saturated carbocycles. The highest BCUT2D eigenvalue weighted by atomic mass is 16.3. The van der Waals surface area contributed by atoms with E-state index in [1.54, 1.807) is 12.3 Å². The zero-order valence-electron chi connectivity index (χ0n) is 14.7. The SMILES string of the molecule is C=CC(CN)(CO)CN=CCC(N)CC(=C)CC(CN)(CN)CO. The standard InChI is InChI=1S/C17H35N5O2/c1-3-16(8-18,12-23)11-22-5-4-15(21)6-14(2)7-17(9-19,10-20)13-24/h3,5,15,23-24H,1-2,4,6-13,18-21H2. The van der Waals surface area contributed by atoms with E-state index in [1.165, 1.54) is 0 Å². The Kier molecular flexibility index (Phi) is 10.9. The van der Waals surface area contributed by atoms with Crippen molar-refractivity contribution in [2.24, 2.45) is 38.8 Å². The molecule has 0 bridgehead atoms. The van der Waals surface area contributed by atoms with Crippen molar-refractivity contribution in [1.29, 1.82) is 0 Å². The molecule has 10 N–H and O–H groups in total. The maximum absolute atomic E-state index is 9.49. The van der Waals surface area contributed by atoms with Gasteiger partial charge in [-0.1, -0.05) is 18.2 Å². The molecule has 0 aliphatic heterocycles. The van der Waals surface area contributed by atoms with E-state index in [-0.39, 0.29) is 25.8 Å². The normalized spacial score (nSPS) is 16.1. The molecule has 0 spiro atoms. The second kappa shape index (κ2) is 11.5. The summed E-state index contributed by atoms with van der Waals surface area (Å²) in [5.41, 5.74) is 23.0. The highest BCUT2D eigenvalue weighted by Gasteiger charge is 2.27. The van der Waals surface area contributed by atoms with Crippen molar-refractivity contribution < 1.29 is 10.2 Å². The minimum Gasteiger partial charge on any atom is -0.396 e. The van der Waals surface area contributed by atoms with Gasteiger partial charge in [-0.3, -0.25) is 4.99 Å². The van der Waals surface area contributed by atoms with Crippen molar-refractivity contribution in [2.75, 3.05) is 39.4 Å². The zero-order valence-corrected chi connectivity index (χ0v) is 14.7. The molecule has 0 saturated heterocycles. The molecule has 0 aliphatic carbocycles. The quantitative estimate of drug-likeness (QED) is 0.178. The molecule has 140 valence electrons. The minimum absolute atomic E-state index is 0.0698. The molecule has 7 nitrogen and oxygen atoms in total. The average Bonchev–Trinajstić information content (AvgIpc) is 2.60. The summed E-state index contributed by atoms with van der Waals surface area (Å²) in [5, 5.41) is 18.9. The first-order valence-corrected chi connectivity index (χ1v) is 8.22. The predicted octanol–water partition coefficient (Wildman–Crippen LogP) is -0.869. The molecule has 0 heterocycles. The fourth-order valence-electron chi connectivity index (χ4n) is 2.32. The average molecular weight is 342 g/mol. The van der Waals surface area contributed by atoms with E-state index >= 15 is 0 Å². The molecule has 0 rings (SSSR count). The fourth-order valence-corrected chi connectivity index (χ4v) is 2.32. The molecule has 2 atom stereocenters. The minimum atomic E-state index is -0.576. The van der Waals surface area contributed by atoms with Gasteiger partial charge in [0.1, 0.15) is 0 Å². The number of aliphatic hydroxyl groups excluding tert-OH is 2. The summed E-state index contributed by atoms with van der Waals surface area (Å²) in [6, 6.07) is -0.127. The van der Waals surface area contributed by atoms with Gasteiger partial charge in [0.2, 0.25) is 0 Å². The van der Waals surface area contributed by atoms with Crippen LogP contribution < -0.4 is 22.9 Å². The lowest BCUT2D eigenvalue weighted by molar-refractivity contribution is 0.138. The number of rotatable bonds is 14. The van der Waals surface area contributed by atoms with Gasteiger partial charge >= 0.3 is 0 Å². The second-order valence-electron chi connectivity index (χ2n) is 6.65. The molecule has 24 heavy (non-hydrogen) atoms. The summed E-state index contributed by atoms with van der Waals surface area (Å²) in [6.07, 6.45) is 5.13. The summed E-state index contributed by atoms with van der Waals surface area (Å²) in [7, 11) is 0. The van der Waals surface area contributed by atoms with Gasteiger partial charge in [0, 0.05) is 42.7 Å². The number of hydrogen-bond donors (Lipinski definition) is 6. The number of hydrogen-bond acceptors (Lipinski definition) is 7. The van der Waals surface area contributed by atoms with E-state index in [2.05, 4.69) is 18.2 Å². The molecule has 0 aromatic rings. The Labute approximate surface area is 145 Å². The highest BCUT2D eigenvalue weighted by Crippen LogP contribution is 2.25. The van der Waals surface area contributed by atoms with Gasteiger partial charge in [-0.15, -0.1) is 6.58 Å². The van der Waals surface area contributed by atoms with Gasteiger partial charge in [-0.25, -0.2) is 0 Å². The molecule has 0 aliphatic rings. The first-order valence-electron chi connectivity index (χ1n) is 8.22. The first kappa shape index (κ1) is 22.9. The van der Waals surface area contributed by atoms with E-state index in [4.69, 9.17) is 22.9 Å². The maximum Gasteiger partial charge on any atom is 0.0552 e. The number of aliphatic hydroxyl groups is 2. The topological polar surface area (TPSA) is 157 Å². The van der Waals surface area contributed by atoms with E-state index in [9.17, 15) is 10.2 Å². The Hall–Kier alpha value is -1.09. The van der Waals surface area contributed by atoms with E-state index < -0.39 is 10.8 Å². The molecular weight excluding hydrogens is 306 g/mol. The summed E-state index contributed by atoms with van der Waals surface area (Å²) < 4.78 is 0. The van der Waals surface area contributed by atoms with Crippen LogP contribution in [-0.2, 0) is 0 Å². The van der Waals surface area contributed by atoms with Gasteiger partial charge in [0.25, 0.3) is 0 Å². The van der Waals surface area contributed by atoms with Crippen molar-refractivity contribution in [2.45, 2.75) is 25.3 Å². The molecule has 0 fully saturated rings. The Bertz CT molecular complexity index is 396. The van der Waals surface area contributed by atoms with Gasteiger partial charge in [0.05, 0.1) is 19.8 Å². The van der Waals surface area contributed by atoms with E-state index in [1.807, 2.05) is 0 Å². The lowest BCUT2D eigenvalue weighted by Crippen LogP contribution is -2.41. The van der Waals surface area contributed by atoms with Crippen LogP contribution in [0.2, 0.25) is 0 Å². The number of aliphatic imine (C=N–C) groups is 1. The summed E-state index contributed by atoms with van der Waals surface area (Å²) in [4.78, 5) is 4.30. The van der Waals surface area contributed by atoms with Crippen molar-refractivity contribution in [3.63, 3.8) is 0 Å². The largest absolute Gasteiger partial charge is 0.396 e. The van der Waals surface area contributed by atoms with Crippen molar-refractivity contribution in [1.82, 2.24) is 0 Å². The summed E-state index contributed by atoms with van der Waals surface area (Å²) >= 11 is 0. The van der Waals surface area contributed by atoms with Gasteiger partial charge in [-0.2, -0.15) is 0 Å². The third kappa shape index (κ3) is 7.21. The van der Waals surface area contributed by atoms with Crippen LogP contribution in [0, 0.1) is 10.8 Å². The van der Waals surface area contributed by atoms with Crippen LogP contribution in [0.3, 0.4) is 0 Å². The van der Waals surface area contributed by atoms with Crippen LogP contribution >= 0.6 is 0 Å². The number of nitrogens with two attached hydrogens (primary N) is 4. The predicted molar refractivity (Wildman–Crippen MR) is 101 cm³/mol. The third-order valence-corrected chi connectivity index (χ3v) is 4.48. The molecule has 2 unspecified atom stereocenters. The number of nitrogens with zero attached hydrogens (tertiary/aromatic N) is 1. The maximum atomic E-state index is 9.49. The van der Waals surface area contributed by atoms with E-state index in [0.29, 0.717) is 38.9 Å². The fraction of sp³-hybridized carbons (Fsp3) is 0.706. The van der Waals surface area contributed by atoms with Gasteiger partial charge in [-0.05, 0) is 19.3 Å². The molecule has 0 amide bonds. The van der Waals surface area contributed by atoms with Gasteiger partial charge in [0.15, 0.2) is 0 Å². The lowest BCUT2D eigenvalue weighted by atomic mass is 9.81. The molecular formula is C17H35N5O2. The Morgan fingerprint density at radius 2 is 1.75 bits per heavy atom. The van der Waals surface area contributed by atoms with Crippen molar-refractivity contribution in [3.8, 4) is 0 Å². The third-order valence-electron chi connectivity index (χ3n) is 4.48. The van der Waals surface area contributed by atoms with Gasteiger partial charge < -0.3 is 33.1 Å². The Balaban J connectivity index is 4.39. The van der Waals surface area contributed by atoms with Crippen LogP contribution in [-0.4, -0.2) is 61.9 Å². The Morgan fingerprint density at radius 1 is 1.12 bits per heavy atom. The summed E-state index contributed by atoms with van der Waals surface area (Å²) in [5.74, 6) is 0. The van der Waals surface area contributed by atoms with Crippen molar-refractivity contribution in [3.05, 3.63) is 24.8 Å². The second-order valence-corrected chi connectivity index (χ2v) is 6.65. The zero-order chi connectivity index (χ0) is 18.6. The molecule has 7 heteroatoms. The van der Waals surface area contributed by atoms with Crippen LogP contribution in [0.4, 0.5) is 0 Å². The van der Waals surface area contributed by atoms with Crippen molar-refractivity contribution >= 4 is 6.21 Å². The highest BCUT2D eigenvalue weighted by molar-refractivity contribution is 5.58. The van der Waals surface area contributed by atoms with Crippen LogP contribution in [0.1, 0.15) is 19.3 Å². The summed E-state index contributed by atoms with van der Waals surface area (Å²) in [6.45, 7) is 8.83. The van der Waals surface area contributed by atoms with Crippen LogP contribution in [0.5, 0.6) is 0 Å². The Morgan fingerprint density at radius 3 is 2.17 bits per heavy atom. The smallest absolute Gasteiger partial charge is 0.0552 e. The molecule has 0 radical (unpaired) electrons. The lowest BCUT2D eigenvalue weighted by Gasteiger charge is -2.30. The molecule has 0 aromatic heterocycles. The van der Waals surface area contributed by atoms with Crippen LogP contribution in [0.25, 0.3) is 0 Å². The first-order chi connectivity index (χ1) is 11.4.